The maximum absolute atomic E-state index is 11.7. The Hall–Kier alpha value is -2.48. The number of benzene rings is 2. The van der Waals surface area contributed by atoms with Crippen LogP contribution in [0.2, 0.25) is 0 Å². The van der Waals surface area contributed by atoms with E-state index in [4.69, 9.17) is 5.14 Å². The van der Waals surface area contributed by atoms with E-state index in [0.717, 1.165) is 5.56 Å². The van der Waals surface area contributed by atoms with Crippen LogP contribution in [-0.2, 0) is 14.8 Å². The highest BCUT2D eigenvalue weighted by Crippen LogP contribution is 2.29. The van der Waals surface area contributed by atoms with Crippen molar-refractivity contribution in [3.05, 3.63) is 70.8 Å². The summed E-state index contributed by atoms with van der Waals surface area (Å²) in [5.74, 6) is -1.14. The number of nitrogens with two attached hydrogens (primary N) is 1. The Bertz CT molecular complexity index is 897. The number of carboxylic acids is 1. The van der Waals surface area contributed by atoms with E-state index in [-0.39, 0.29) is 23.5 Å². The summed E-state index contributed by atoms with van der Waals surface area (Å²) in [6.07, 6.45) is -0.0323. The summed E-state index contributed by atoms with van der Waals surface area (Å²) in [7, 11) is -3.83. The minimum atomic E-state index is -3.83. The predicted octanol–water partition coefficient (Wildman–Crippen LogP) is 1.91. The van der Waals surface area contributed by atoms with Crippen molar-refractivity contribution in [1.82, 2.24) is 0 Å². The fourth-order valence-electron chi connectivity index (χ4n) is 2.50. The van der Waals surface area contributed by atoms with Crippen molar-refractivity contribution >= 4 is 21.6 Å². The first-order valence-corrected chi connectivity index (χ1v) is 9.06. The van der Waals surface area contributed by atoms with Crippen molar-refractivity contribution < 1.29 is 23.4 Å². The second kappa shape index (κ2) is 7.60. The summed E-state index contributed by atoms with van der Waals surface area (Å²) in [5.41, 5.74) is 2.70. The molecule has 0 unspecified atom stereocenters. The van der Waals surface area contributed by atoms with Crippen LogP contribution in [-0.4, -0.2) is 31.2 Å². The molecule has 0 fully saturated rings. The highest BCUT2D eigenvalue weighted by atomic mass is 32.2. The van der Waals surface area contributed by atoms with Gasteiger partial charge in [-0.15, -0.1) is 0 Å². The second-order valence-electron chi connectivity index (χ2n) is 5.57. The predicted molar refractivity (Wildman–Crippen MR) is 94.4 cm³/mol. The fraction of sp³-hybridized carbons (Fsp3) is 0.167. The van der Waals surface area contributed by atoms with Gasteiger partial charge in [-0.3, -0.25) is 0 Å². The Balaban J connectivity index is 2.68. The van der Waals surface area contributed by atoms with E-state index in [2.05, 4.69) is 0 Å². The van der Waals surface area contributed by atoms with Gasteiger partial charge in [-0.05, 0) is 35.8 Å². The third kappa shape index (κ3) is 4.54. The van der Waals surface area contributed by atoms with Crippen LogP contribution in [0.3, 0.4) is 0 Å². The Morgan fingerprint density at radius 2 is 1.48 bits per heavy atom. The molecule has 0 aromatic heterocycles. The SMILES string of the molecule is Cc1ccc(/C(=C(\CCO)C(=O)O)c2ccc(S(N)(=O)=O)cc2)cc1. The number of carbonyl (C=O) groups is 1. The molecule has 0 radical (unpaired) electrons. The molecular formula is C18H19NO5S. The molecule has 0 saturated carbocycles. The summed E-state index contributed by atoms with van der Waals surface area (Å²) >= 11 is 0. The van der Waals surface area contributed by atoms with Gasteiger partial charge < -0.3 is 10.2 Å². The number of aryl methyl sites for hydroxylation is 1. The Labute approximate surface area is 146 Å². The molecule has 0 bridgehead atoms. The minimum Gasteiger partial charge on any atom is -0.478 e. The van der Waals surface area contributed by atoms with Crippen LogP contribution < -0.4 is 5.14 Å². The number of aliphatic carboxylic acids is 1. The number of primary sulfonamides is 1. The first-order chi connectivity index (χ1) is 11.7. The monoisotopic (exact) mass is 361 g/mol. The molecule has 0 amide bonds. The largest absolute Gasteiger partial charge is 0.478 e. The molecule has 7 heteroatoms. The van der Waals surface area contributed by atoms with E-state index < -0.39 is 16.0 Å². The van der Waals surface area contributed by atoms with Crippen molar-refractivity contribution in [2.24, 2.45) is 5.14 Å². The van der Waals surface area contributed by atoms with Crippen LogP contribution in [0.15, 0.2) is 59.0 Å². The fourth-order valence-corrected chi connectivity index (χ4v) is 3.01. The van der Waals surface area contributed by atoms with Gasteiger partial charge in [-0.1, -0.05) is 42.0 Å². The van der Waals surface area contributed by atoms with Crippen LogP contribution >= 0.6 is 0 Å². The number of carboxylic acid groups (broad SMARTS) is 1. The Morgan fingerprint density at radius 1 is 1.00 bits per heavy atom. The molecular weight excluding hydrogens is 342 g/mol. The van der Waals surface area contributed by atoms with E-state index >= 15 is 0 Å². The van der Waals surface area contributed by atoms with Crippen molar-refractivity contribution in [2.45, 2.75) is 18.2 Å². The van der Waals surface area contributed by atoms with Crippen molar-refractivity contribution in [2.75, 3.05) is 6.61 Å². The van der Waals surface area contributed by atoms with Crippen molar-refractivity contribution in [3.8, 4) is 0 Å². The number of hydrogen-bond acceptors (Lipinski definition) is 4. The van der Waals surface area contributed by atoms with Gasteiger partial charge in [0.15, 0.2) is 0 Å². The third-order valence-electron chi connectivity index (χ3n) is 3.73. The number of aliphatic hydroxyl groups excluding tert-OH is 1. The van der Waals surface area contributed by atoms with Crippen LogP contribution in [0.5, 0.6) is 0 Å². The normalized spacial score (nSPS) is 12.6. The van der Waals surface area contributed by atoms with Gasteiger partial charge in [-0.2, -0.15) is 0 Å². The number of hydrogen-bond donors (Lipinski definition) is 3. The number of rotatable bonds is 6. The molecule has 25 heavy (non-hydrogen) atoms. The topological polar surface area (TPSA) is 118 Å². The van der Waals surface area contributed by atoms with Crippen LogP contribution in [0.1, 0.15) is 23.1 Å². The number of aliphatic hydroxyl groups is 1. The lowest BCUT2D eigenvalue weighted by molar-refractivity contribution is -0.132. The van der Waals surface area contributed by atoms with E-state index in [1.165, 1.54) is 24.3 Å². The molecule has 0 aliphatic heterocycles. The summed E-state index contributed by atoms with van der Waals surface area (Å²) < 4.78 is 22.8. The highest BCUT2D eigenvalue weighted by Gasteiger charge is 2.18. The zero-order valence-electron chi connectivity index (χ0n) is 13.6. The standard InChI is InChI=1S/C18H19NO5S/c1-12-2-4-13(5-3-12)17(16(10-11-20)18(21)22)14-6-8-15(9-7-14)25(19,23)24/h2-9,20H,10-11H2,1H3,(H,21,22)(H2,19,23,24)/b17-16-. The van der Waals surface area contributed by atoms with Crippen LogP contribution in [0.25, 0.3) is 5.57 Å². The zero-order chi connectivity index (χ0) is 18.6. The average molecular weight is 361 g/mol. The van der Waals surface area contributed by atoms with Gasteiger partial charge in [-0.25, -0.2) is 18.4 Å². The van der Waals surface area contributed by atoms with Crippen LogP contribution in [0.4, 0.5) is 0 Å². The number of sulfonamides is 1. The van der Waals surface area contributed by atoms with E-state index in [1.54, 1.807) is 12.1 Å². The molecule has 132 valence electrons. The zero-order valence-corrected chi connectivity index (χ0v) is 14.5. The molecule has 0 atom stereocenters. The molecule has 0 saturated heterocycles. The molecule has 2 rings (SSSR count). The smallest absolute Gasteiger partial charge is 0.332 e. The quantitative estimate of drug-likeness (QED) is 0.679. The lowest BCUT2D eigenvalue weighted by Gasteiger charge is -2.14. The van der Waals surface area contributed by atoms with Gasteiger partial charge in [0, 0.05) is 18.6 Å². The molecule has 0 aliphatic rings. The summed E-state index contributed by atoms with van der Waals surface area (Å²) in [6.45, 7) is 1.60. The lowest BCUT2D eigenvalue weighted by Crippen LogP contribution is -2.12. The first-order valence-electron chi connectivity index (χ1n) is 7.51. The minimum absolute atomic E-state index is 0.0323. The summed E-state index contributed by atoms with van der Waals surface area (Å²) in [4.78, 5) is 11.6. The van der Waals surface area contributed by atoms with Gasteiger partial charge >= 0.3 is 5.97 Å². The molecule has 4 N–H and O–H groups in total. The molecule has 0 heterocycles. The average Bonchev–Trinajstić information content (AvgIpc) is 2.55. The molecule has 6 nitrogen and oxygen atoms in total. The second-order valence-corrected chi connectivity index (χ2v) is 7.13. The van der Waals surface area contributed by atoms with E-state index in [1.807, 2.05) is 19.1 Å². The van der Waals surface area contributed by atoms with E-state index in [9.17, 15) is 23.4 Å². The van der Waals surface area contributed by atoms with Gasteiger partial charge in [0.2, 0.25) is 10.0 Å². The maximum atomic E-state index is 11.7. The third-order valence-corrected chi connectivity index (χ3v) is 4.66. The van der Waals surface area contributed by atoms with E-state index in [0.29, 0.717) is 16.7 Å². The van der Waals surface area contributed by atoms with Gasteiger partial charge in [0.1, 0.15) is 0 Å². The Morgan fingerprint density at radius 3 is 1.88 bits per heavy atom. The molecule has 2 aromatic rings. The lowest BCUT2D eigenvalue weighted by atomic mass is 9.91. The molecule has 2 aromatic carbocycles. The van der Waals surface area contributed by atoms with Crippen molar-refractivity contribution in [3.63, 3.8) is 0 Å². The highest BCUT2D eigenvalue weighted by molar-refractivity contribution is 7.89. The maximum Gasteiger partial charge on any atom is 0.332 e. The Kier molecular flexibility index (Phi) is 5.73. The summed E-state index contributed by atoms with van der Waals surface area (Å²) in [6, 6.07) is 13.0. The molecule has 0 spiro atoms. The van der Waals surface area contributed by atoms with Gasteiger partial charge in [0.25, 0.3) is 0 Å². The summed E-state index contributed by atoms with van der Waals surface area (Å²) in [5, 5.41) is 23.9. The van der Waals surface area contributed by atoms with Crippen molar-refractivity contribution in [1.29, 1.82) is 0 Å². The van der Waals surface area contributed by atoms with Crippen LogP contribution in [0, 0.1) is 6.92 Å². The van der Waals surface area contributed by atoms with Gasteiger partial charge in [0.05, 0.1) is 4.90 Å². The molecule has 0 aliphatic carbocycles. The first kappa shape index (κ1) is 18.9.